The molecule has 136 valence electrons. The quantitative estimate of drug-likeness (QED) is 0.613. The Labute approximate surface area is 149 Å². The number of benzene rings is 1. The van der Waals surface area contributed by atoms with E-state index in [1.54, 1.807) is 0 Å². The molecule has 1 aliphatic rings. The fraction of sp³-hybridized carbons (Fsp3) is 0.474. The number of hydrogen-bond acceptors (Lipinski definition) is 5. The number of methoxy groups -OCH3 is 1. The largest absolute Gasteiger partial charge is 0.466 e. The summed E-state index contributed by atoms with van der Waals surface area (Å²) in [6.45, 7) is 0. The Kier molecular flexibility index (Phi) is 6.86. The average molecular weight is 345 g/mol. The molecule has 2 N–H and O–H groups in total. The van der Waals surface area contributed by atoms with Gasteiger partial charge < -0.3 is 20.3 Å². The van der Waals surface area contributed by atoms with E-state index in [0.717, 1.165) is 37.1 Å². The van der Waals surface area contributed by atoms with Gasteiger partial charge in [0, 0.05) is 31.5 Å². The highest BCUT2D eigenvalue weighted by Gasteiger charge is 2.19. The van der Waals surface area contributed by atoms with E-state index in [1.165, 1.54) is 19.6 Å². The summed E-state index contributed by atoms with van der Waals surface area (Å²) in [6.07, 6.45) is 6.62. The van der Waals surface area contributed by atoms with Crippen molar-refractivity contribution >= 4 is 23.3 Å². The molecular weight excluding hydrogens is 318 g/mol. The van der Waals surface area contributed by atoms with E-state index in [-0.39, 0.29) is 17.6 Å². The van der Waals surface area contributed by atoms with Gasteiger partial charge in [-0.2, -0.15) is 0 Å². The Bertz CT molecular complexity index is 617. The fourth-order valence-electron chi connectivity index (χ4n) is 2.84. The standard InChI is InChI=1S/C19H27N3O3/c1-22(2)16-11-9-15(10-12-16)20-17(13-18(23)25-3)19(24)21-14-7-5-4-6-8-14/h9-14,20H,4-8H2,1-3H3,(H,21,24)/b17-13-. The van der Waals surface area contributed by atoms with Gasteiger partial charge in [0.25, 0.3) is 5.91 Å². The Morgan fingerprint density at radius 1 is 1.12 bits per heavy atom. The summed E-state index contributed by atoms with van der Waals surface area (Å²) in [5.41, 5.74) is 1.98. The van der Waals surface area contributed by atoms with Crippen LogP contribution in [0.1, 0.15) is 32.1 Å². The molecule has 1 amide bonds. The first-order valence-electron chi connectivity index (χ1n) is 8.64. The van der Waals surface area contributed by atoms with Gasteiger partial charge in [-0.1, -0.05) is 19.3 Å². The van der Waals surface area contributed by atoms with Crippen molar-refractivity contribution < 1.29 is 14.3 Å². The van der Waals surface area contributed by atoms with Gasteiger partial charge in [-0.15, -0.1) is 0 Å². The third-order valence-electron chi connectivity index (χ3n) is 4.31. The molecule has 1 aromatic rings. The van der Waals surface area contributed by atoms with Crippen LogP contribution < -0.4 is 15.5 Å². The maximum atomic E-state index is 12.6. The van der Waals surface area contributed by atoms with Gasteiger partial charge in [0.15, 0.2) is 0 Å². The van der Waals surface area contributed by atoms with Gasteiger partial charge in [0.1, 0.15) is 5.70 Å². The highest BCUT2D eigenvalue weighted by Crippen LogP contribution is 2.19. The molecule has 0 spiro atoms. The zero-order chi connectivity index (χ0) is 18.2. The summed E-state index contributed by atoms with van der Waals surface area (Å²) in [6, 6.07) is 7.79. The van der Waals surface area contributed by atoms with Crippen molar-refractivity contribution in [3.05, 3.63) is 36.0 Å². The maximum absolute atomic E-state index is 12.6. The number of nitrogens with one attached hydrogen (secondary N) is 2. The molecule has 1 saturated carbocycles. The number of carbonyl (C=O) groups excluding carboxylic acids is 2. The van der Waals surface area contributed by atoms with Crippen LogP contribution in [0.5, 0.6) is 0 Å². The van der Waals surface area contributed by atoms with E-state index in [9.17, 15) is 9.59 Å². The molecule has 0 heterocycles. The molecule has 1 fully saturated rings. The van der Waals surface area contributed by atoms with E-state index < -0.39 is 5.97 Å². The second kappa shape index (κ2) is 9.11. The molecule has 0 aromatic heterocycles. The summed E-state index contributed by atoms with van der Waals surface area (Å²) in [5.74, 6) is -0.847. The Balaban J connectivity index is 2.10. The molecule has 0 bridgehead atoms. The topological polar surface area (TPSA) is 70.7 Å². The first-order chi connectivity index (χ1) is 12.0. The molecule has 2 rings (SSSR count). The van der Waals surface area contributed by atoms with Crippen LogP contribution in [-0.4, -0.2) is 39.1 Å². The van der Waals surface area contributed by atoms with Crippen molar-refractivity contribution in [2.45, 2.75) is 38.1 Å². The molecule has 6 heteroatoms. The minimum atomic E-state index is -0.564. The summed E-state index contributed by atoms with van der Waals surface area (Å²) >= 11 is 0. The first kappa shape index (κ1) is 18.8. The Morgan fingerprint density at radius 3 is 2.32 bits per heavy atom. The molecule has 0 radical (unpaired) electrons. The lowest BCUT2D eigenvalue weighted by Crippen LogP contribution is -2.38. The number of nitrogens with zero attached hydrogens (tertiary/aromatic N) is 1. The molecule has 6 nitrogen and oxygen atoms in total. The van der Waals surface area contributed by atoms with Crippen molar-refractivity contribution in [1.29, 1.82) is 0 Å². The van der Waals surface area contributed by atoms with E-state index >= 15 is 0 Å². The van der Waals surface area contributed by atoms with Gasteiger partial charge in [0.05, 0.1) is 13.2 Å². The zero-order valence-corrected chi connectivity index (χ0v) is 15.2. The van der Waals surface area contributed by atoms with Crippen LogP contribution in [0.15, 0.2) is 36.0 Å². The second-order valence-electron chi connectivity index (χ2n) is 6.46. The fourth-order valence-corrected chi connectivity index (χ4v) is 2.84. The van der Waals surface area contributed by atoms with E-state index in [2.05, 4.69) is 15.4 Å². The number of anilines is 2. The van der Waals surface area contributed by atoms with Crippen molar-refractivity contribution in [3.8, 4) is 0 Å². The summed E-state index contributed by atoms with van der Waals surface area (Å²) in [7, 11) is 5.21. The van der Waals surface area contributed by atoms with E-state index in [1.807, 2.05) is 43.3 Å². The van der Waals surface area contributed by atoms with Gasteiger partial charge in [-0.3, -0.25) is 4.79 Å². The number of amides is 1. The average Bonchev–Trinajstić information content (AvgIpc) is 2.62. The smallest absolute Gasteiger partial charge is 0.332 e. The molecule has 0 unspecified atom stereocenters. The van der Waals surface area contributed by atoms with Crippen LogP contribution in [0.4, 0.5) is 11.4 Å². The predicted molar refractivity (Wildman–Crippen MR) is 99.5 cm³/mol. The van der Waals surface area contributed by atoms with Crippen molar-refractivity contribution in [2.24, 2.45) is 0 Å². The van der Waals surface area contributed by atoms with Crippen LogP contribution in [-0.2, 0) is 14.3 Å². The molecular formula is C19H27N3O3. The van der Waals surface area contributed by atoms with Crippen LogP contribution in [0, 0.1) is 0 Å². The zero-order valence-electron chi connectivity index (χ0n) is 15.2. The van der Waals surface area contributed by atoms with Gasteiger partial charge >= 0.3 is 5.97 Å². The predicted octanol–water partition coefficient (Wildman–Crippen LogP) is 2.67. The highest BCUT2D eigenvalue weighted by atomic mass is 16.5. The Hall–Kier alpha value is -2.50. The lowest BCUT2D eigenvalue weighted by atomic mass is 9.95. The van der Waals surface area contributed by atoms with E-state index in [0.29, 0.717) is 0 Å². The number of hydrogen-bond donors (Lipinski definition) is 2. The maximum Gasteiger partial charge on any atom is 0.332 e. The highest BCUT2D eigenvalue weighted by molar-refractivity contribution is 6.01. The van der Waals surface area contributed by atoms with Gasteiger partial charge in [-0.25, -0.2) is 4.79 Å². The van der Waals surface area contributed by atoms with E-state index in [4.69, 9.17) is 0 Å². The SMILES string of the molecule is COC(=O)/C=C(\Nc1ccc(N(C)C)cc1)C(=O)NC1CCCCC1. The lowest BCUT2D eigenvalue weighted by molar-refractivity contribution is -0.135. The minimum Gasteiger partial charge on any atom is -0.466 e. The monoisotopic (exact) mass is 345 g/mol. The molecule has 0 saturated heterocycles. The summed E-state index contributed by atoms with van der Waals surface area (Å²) < 4.78 is 4.67. The third-order valence-corrected chi connectivity index (χ3v) is 4.31. The van der Waals surface area contributed by atoms with Crippen molar-refractivity contribution in [2.75, 3.05) is 31.4 Å². The molecule has 1 aliphatic carbocycles. The molecule has 0 atom stereocenters. The molecule has 0 aliphatic heterocycles. The Morgan fingerprint density at radius 2 is 1.76 bits per heavy atom. The lowest BCUT2D eigenvalue weighted by Gasteiger charge is -2.23. The summed E-state index contributed by atoms with van der Waals surface area (Å²) in [5, 5.41) is 6.04. The first-order valence-corrected chi connectivity index (χ1v) is 8.64. The van der Waals surface area contributed by atoms with Crippen LogP contribution in [0.25, 0.3) is 0 Å². The van der Waals surface area contributed by atoms with Crippen molar-refractivity contribution in [1.82, 2.24) is 5.32 Å². The van der Waals surface area contributed by atoms with Crippen molar-refractivity contribution in [3.63, 3.8) is 0 Å². The van der Waals surface area contributed by atoms with Crippen LogP contribution in [0.3, 0.4) is 0 Å². The third kappa shape index (κ3) is 5.81. The minimum absolute atomic E-state index is 0.167. The normalized spacial score (nSPS) is 15.4. The number of esters is 1. The van der Waals surface area contributed by atoms with Crippen LogP contribution in [0.2, 0.25) is 0 Å². The van der Waals surface area contributed by atoms with Gasteiger partial charge in [0.2, 0.25) is 0 Å². The van der Waals surface area contributed by atoms with Crippen LogP contribution >= 0.6 is 0 Å². The number of ether oxygens (including phenoxy) is 1. The number of rotatable bonds is 6. The second-order valence-corrected chi connectivity index (χ2v) is 6.46. The molecule has 25 heavy (non-hydrogen) atoms. The molecule has 1 aromatic carbocycles. The number of carbonyl (C=O) groups is 2. The summed E-state index contributed by atoms with van der Waals surface area (Å²) in [4.78, 5) is 26.2. The van der Waals surface area contributed by atoms with Gasteiger partial charge in [-0.05, 0) is 37.1 Å².